The minimum absolute atomic E-state index is 0.106. The molecular formula is C13H10F3NOS. The molecule has 0 atom stereocenters. The quantitative estimate of drug-likeness (QED) is 0.801. The van der Waals surface area contributed by atoms with Crippen molar-refractivity contribution in [2.45, 2.75) is 19.5 Å². The average molecular weight is 285 g/mol. The molecule has 0 saturated carbocycles. The lowest BCUT2D eigenvalue weighted by Crippen LogP contribution is -2.14. The lowest BCUT2D eigenvalue weighted by molar-refractivity contribution is -0.137. The van der Waals surface area contributed by atoms with Gasteiger partial charge in [-0.1, -0.05) is 18.2 Å². The van der Waals surface area contributed by atoms with Gasteiger partial charge in [0, 0.05) is 16.6 Å². The van der Waals surface area contributed by atoms with Crippen LogP contribution in [0.2, 0.25) is 0 Å². The van der Waals surface area contributed by atoms with Crippen LogP contribution in [-0.4, -0.2) is 10.8 Å². The molecule has 0 amide bonds. The van der Waals surface area contributed by atoms with E-state index in [0.29, 0.717) is 5.01 Å². The Kier molecular flexibility index (Phi) is 3.71. The van der Waals surface area contributed by atoms with E-state index in [0.717, 1.165) is 11.8 Å². The molecule has 0 aliphatic heterocycles. The second kappa shape index (κ2) is 5.13. The van der Waals surface area contributed by atoms with Crippen LogP contribution in [0.1, 0.15) is 26.6 Å². The summed E-state index contributed by atoms with van der Waals surface area (Å²) in [6.45, 7) is 1.77. The van der Waals surface area contributed by atoms with Crippen LogP contribution >= 0.6 is 11.3 Å². The molecular weight excluding hydrogens is 275 g/mol. The van der Waals surface area contributed by atoms with Crippen molar-refractivity contribution < 1.29 is 18.0 Å². The first kappa shape index (κ1) is 13.7. The van der Waals surface area contributed by atoms with Gasteiger partial charge in [-0.15, -0.1) is 11.3 Å². The number of carbonyl (C=O) groups excluding carboxylic acids is 1. The number of hydrogen-bond acceptors (Lipinski definition) is 3. The monoisotopic (exact) mass is 285 g/mol. The number of nitrogens with zero attached hydrogens (tertiary/aromatic N) is 1. The van der Waals surface area contributed by atoms with Crippen LogP contribution in [0.5, 0.6) is 0 Å². The van der Waals surface area contributed by atoms with Crippen LogP contribution in [0.4, 0.5) is 13.2 Å². The highest BCUT2D eigenvalue weighted by Gasteiger charge is 2.34. The summed E-state index contributed by atoms with van der Waals surface area (Å²) in [7, 11) is 0. The number of thiazole rings is 1. The molecule has 6 heteroatoms. The first-order valence-electron chi connectivity index (χ1n) is 5.48. The van der Waals surface area contributed by atoms with Crippen LogP contribution in [0.15, 0.2) is 29.6 Å². The summed E-state index contributed by atoms with van der Waals surface area (Å²) in [6, 6.07) is 4.81. The summed E-state index contributed by atoms with van der Waals surface area (Å²) in [6.07, 6.45) is -4.63. The minimum atomic E-state index is -4.52. The van der Waals surface area contributed by atoms with E-state index in [1.807, 2.05) is 0 Å². The number of alkyl halides is 3. The van der Waals surface area contributed by atoms with E-state index < -0.39 is 17.5 Å². The molecule has 19 heavy (non-hydrogen) atoms. The van der Waals surface area contributed by atoms with Gasteiger partial charge in [-0.05, 0) is 13.0 Å². The Balaban J connectivity index is 2.29. The summed E-state index contributed by atoms with van der Waals surface area (Å²) in [5.74, 6) is -0.567. The zero-order valence-corrected chi connectivity index (χ0v) is 10.8. The molecule has 0 bridgehead atoms. The zero-order chi connectivity index (χ0) is 14.0. The number of aryl methyl sites for hydroxylation is 1. The van der Waals surface area contributed by atoms with E-state index >= 15 is 0 Å². The standard InChI is InChI=1S/C13H10F3NOS/c1-8-7-19-12(17-8)6-11(18)9-4-2-3-5-10(9)13(14,15)16/h2-5,7H,6H2,1H3. The maximum absolute atomic E-state index is 12.8. The van der Waals surface area contributed by atoms with Crippen molar-refractivity contribution in [3.63, 3.8) is 0 Å². The normalized spacial score (nSPS) is 11.6. The molecule has 1 heterocycles. The van der Waals surface area contributed by atoms with Crippen molar-refractivity contribution in [1.82, 2.24) is 4.98 Å². The first-order valence-corrected chi connectivity index (χ1v) is 6.36. The predicted molar refractivity (Wildman–Crippen MR) is 66.3 cm³/mol. The zero-order valence-electron chi connectivity index (χ0n) is 9.99. The van der Waals surface area contributed by atoms with E-state index in [1.165, 1.54) is 29.5 Å². The van der Waals surface area contributed by atoms with E-state index in [9.17, 15) is 18.0 Å². The number of rotatable bonds is 3. The minimum Gasteiger partial charge on any atom is -0.294 e. The van der Waals surface area contributed by atoms with Gasteiger partial charge < -0.3 is 0 Å². The van der Waals surface area contributed by atoms with Gasteiger partial charge in [-0.3, -0.25) is 4.79 Å². The fraction of sp³-hybridized carbons (Fsp3) is 0.231. The Morgan fingerprint density at radius 1 is 1.32 bits per heavy atom. The molecule has 2 rings (SSSR count). The van der Waals surface area contributed by atoms with Crippen LogP contribution in [0.3, 0.4) is 0 Å². The molecule has 0 fully saturated rings. The molecule has 0 aliphatic carbocycles. The number of ketones is 1. The second-order valence-corrected chi connectivity index (χ2v) is 4.97. The number of carbonyl (C=O) groups is 1. The maximum Gasteiger partial charge on any atom is 0.417 e. The largest absolute Gasteiger partial charge is 0.417 e. The number of benzene rings is 1. The molecule has 0 aliphatic rings. The molecule has 2 aromatic rings. The average Bonchev–Trinajstić information content (AvgIpc) is 2.73. The fourth-order valence-corrected chi connectivity index (χ4v) is 2.46. The van der Waals surface area contributed by atoms with Crippen molar-refractivity contribution in [2.24, 2.45) is 0 Å². The van der Waals surface area contributed by atoms with Crippen LogP contribution < -0.4 is 0 Å². The molecule has 0 saturated heterocycles. The molecule has 100 valence electrons. The summed E-state index contributed by atoms with van der Waals surface area (Å²) in [5, 5.41) is 2.29. The second-order valence-electron chi connectivity index (χ2n) is 4.03. The summed E-state index contributed by atoms with van der Waals surface area (Å²) in [5.41, 5.74) is -0.437. The third-order valence-electron chi connectivity index (χ3n) is 2.51. The summed E-state index contributed by atoms with van der Waals surface area (Å²) >= 11 is 1.27. The topological polar surface area (TPSA) is 30.0 Å². The Hall–Kier alpha value is -1.69. The van der Waals surface area contributed by atoms with Gasteiger partial charge in [0.1, 0.15) is 5.01 Å². The molecule has 0 spiro atoms. The van der Waals surface area contributed by atoms with Crippen LogP contribution in [0, 0.1) is 6.92 Å². The number of aromatic nitrogens is 1. The highest BCUT2D eigenvalue weighted by Crippen LogP contribution is 2.32. The van der Waals surface area contributed by atoms with Crippen molar-refractivity contribution in [2.75, 3.05) is 0 Å². The Morgan fingerprint density at radius 2 is 2.00 bits per heavy atom. The Morgan fingerprint density at radius 3 is 2.58 bits per heavy atom. The molecule has 0 unspecified atom stereocenters. The van der Waals surface area contributed by atoms with Crippen molar-refractivity contribution in [1.29, 1.82) is 0 Å². The smallest absolute Gasteiger partial charge is 0.294 e. The third-order valence-corrected chi connectivity index (χ3v) is 3.48. The van der Waals surface area contributed by atoms with E-state index in [-0.39, 0.29) is 12.0 Å². The summed E-state index contributed by atoms with van der Waals surface area (Å²) < 4.78 is 38.4. The molecule has 0 radical (unpaired) electrons. The van der Waals surface area contributed by atoms with E-state index in [2.05, 4.69) is 4.98 Å². The van der Waals surface area contributed by atoms with Crippen LogP contribution in [0.25, 0.3) is 0 Å². The van der Waals surface area contributed by atoms with Gasteiger partial charge in [0.15, 0.2) is 5.78 Å². The van der Waals surface area contributed by atoms with Gasteiger partial charge in [-0.2, -0.15) is 13.2 Å². The lowest BCUT2D eigenvalue weighted by atomic mass is 10.0. The Labute approximate surface area is 111 Å². The lowest BCUT2D eigenvalue weighted by Gasteiger charge is -2.11. The predicted octanol–water partition coefficient (Wildman–Crippen LogP) is 3.90. The SMILES string of the molecule is Cc1csc(CC(=O)c2ccccc2C(F)(F)F)n1. The van der Waals surface area contributed by atoms with E-state index in [1.54, 1.807) is 12.3 Å². The van der Waals surface area contributed by atoms with Gasteiger partial charge in [0.05, 0.1) is 12.0 Å². The molecule has 2 nitrogen and oxygen atoms in total. The molecule has 1 aromatic heterocycles. The summed E-state index contributed by atoms with van der Waals surface area (Å²) in [4.78, 5) is 16.0. The number of Topliss-reactive ketones (excluding diaryl/α,β-unsaturated/α-hetero) is 1. The van der Waals surface area contributed by atoms with Crippen molar-refractivity contribution in [3.05, 3.63) is 51.5 Å². The fourth-order valence-electron chi connectivity index (χ4n) is 1.69. The highest BCUT2D eigenvalue weighted by atomic mass is 32.1. The van der Waals surface area contributed by atoms with Crippen LogP contribution in [-0.2, 0) is 12.6 Å². The van der Waals surface area contributed by atoms with E-state index in [4.69, 9.17) is 0 Å². The molecule has 0 N–H and O–H groups in total. The van der Waals surface area contributed by atoms with Gasteiger partial charge >= 0.3 is 6.18 Å². The first-order chi connectivity index (χ1) is 8.88. The number of halogens is 3. The van der Waals surface area contributed by atoms with Crippen molar-refractivity contribution >= 4 is 17.1 Å². The number of hydrogen-bond donors (Lipinski definition) is 0. The third kappa shape index (κ3) is 3.20. The highest BCUT2D eigenvalue weighted by molar-refractivity contribution is 7.09. The Bertz CT molecular complexity index is 604. The van der Waals surface area contributed by atoms with Gasteiger partial charge in [0.25, 0.3) is 0 Å². The van der Waals surface area contributed by atoms with Gasteiger partial charge in [-0.25, -0.2) is 4.98 Å². The maximum atomic E-state index is 12.8. The van der Waals surface area contributed by atoms with Gasteiger partial charge in [0.2, 0.25) is 0 Å². The van der Waals surface area contributed by atoms with Crippen molar-refractivity contribution in [3.8, 4) is 0 Å². The molecule has 1 aromatic carbocycles.